The number of nitrogens with one attached hydrogen (secondary N) is 1. The molecule has 0 saturated carbocycles. The molecule has 0 bridgehead atoms. The average molecular weight is 558 g/mol. The molecule has 4 rings (SSSR count). The third-order valence-electron chi connectivity index (χ3n) is 6.34. The maximum Gasteiger partial charge on any atom is 0.423 e. The van der Waals surface area contributed by atoms with E-state index in [4.69, 9.17) is 0 Å². The largest absolute Gasteiger partial charge is 0.423 e. The maximum absolute atomic E-state index is 14.0. The van der Waals surface area contributed by atoms with E-state index in [-0.39, 0.29) is 11.1 Å². The third kappa shape index (κ3) is 5.83. The summed E-state index contributed by atoms with van der Waals surface area (Å²) in [5.41, 5.74) is -6.85. The second kappa shape index (κ2) is 10.8. The van der Waals surface area contributed by atoms with Gasteiger partial charge >= 0.3 is 12.4 Å². The Bertz CT molecular complexity index is 1520. The molecule has 0 aliphatic rings. The number of hydrogen-bond acceptors (Lipinski definition) is 3. The summed E-state index contributed by atoms with van der Waals surface area (Å²) in [5, 5.41) is 14.8. The van der Waals surface area contributed by atoms with Crippen LogP contribution in [-0.2, 0) is 24.3 Å². The van der Waals surface area contributed by atoms with Gasteiger partial charge in [-0.1, -0.05) is 66.7 Å². The Morgan fingerprint density at radius 2 is 1.25 bits per heavy atom. The van der Waals surface area contributed by atoms with Gasteiger partial charge in [-0.05, 0) is 47.5 Å². The van der Waals surface area contributed by atoms with E-state index in [1.807, 2.05) is 0 Å². The van der Waals surface area contributed by atoms with Crippen molar-refractivity contribution in [2.75, 3.05) is 0 Å². The fourth-order valence-electron chi connectivity index (χ4n) is 4.57. The summed E-state index contributed by atoms with van der Waals surface area (Å²) >= 11 is 0. The van der Waals surface area contributed by atoms with Crippen LogP contribution in [-0.4, -0.2) is 10.8 Å². The molecule has 1 unspecified atom stereocenters. The molecule has 0 aromatic heterocycles. The minimum absolute atomic E-state index is 0.0431. The predicted octanol–water partition coefficient (Wildman–Crippen LogP) is 7.55. The number of nitrogens with zero attached hydrogens (tertiary/aromatic N) is 1. The number of hydrogen-bond donors (Lipinski definition) is 1. The third-order valence-corrected chi connectivity index (χ3v) is 6.34. The van der Waals surface area contributed by atoms with Gasteiger partial charge in [0.25, 0.3) is 11.6 Å². The lowest BCUT2D eigenvalue weighted by Crippen LogP contribution is -2.49. The number of amides is 1. The molecule has 0 saturated heterocycles. The fraction of sp³-hybridized carbons (Fsp3) is 0.138. The van der Waals surface area contributed by atoms with E-state index >= 15 is 0 Å². The van der Waals surface area contributed by atoms with Gasteiger partial charge in [0.15, 0.2) is 0 Å². The molecule has 1 amide bonds. The molecule has 0 aliphatic heterocycles. The lowest BCUT2D eigenvalue weighted by molar-refractivity contribution is -0.389. The van der Waals surface area contributed by atoms with Crippen molar-refractivity contribution in [1.82, 2.24) is 5.32 Å². The van der Waals surface area contributed by atoms with Crippen LogP contribution in [0.25, 0.3) is 0 Å². The Balaban J connectivity index is 2.12. The van der Waals surface area contributed by atoms with Crippen molar-refractivity contribution in [3.63, 3.8) is 0 Å². The number of halogens is 6. The van der Waals surface area contributed by atoms with Crippen molar-refractivity contribution in [3.8, 4) is 0 Å². The van der Waals surface area contributed by atoms with Gasteiger partial charge in [0.1, 0.15) is 11.1 Å². The molecule has 1 atom stereocenters. The first-order chi connectivity index (χ1) is 18.8. The number of nitro groups is 1. The Morgan fingerprint density at radius 1 is 0.700 bits per heavy atom. The average Bonchev–Trinajstić information content (AvgIpc) is 2.92. The molecular weight excluding hydrogens is 538 g/mol. The highest BCUT2D eigenvalue weighted by atomic mass is 19.4. The van der Waals surface area contributed by atoms with Crippen molar-refractivity contribution in [2.24, 2.45) is 0 Å². The summed E-state index contributed by atoms with van der Waals surface area (Å²) in [7, 11) is 0. The van der Waals surface area contributed by atoms with Gasteiger partial charge < -0.3 is 5.32 Å². The van der Waals surface area contributed by atoms with Crippen molar-refractivity contribution in [2.45, 2.75) is 24.3 Å². The molecule has 0 aliphatic carbocycles. The first-order valence-corrected chi connectivity index (χ1v) is 11.8. The molecule has 0 fully saturated rings. The Morgan fingerprint density at radius 3 is 1.82 bits per heavy atom. The molecular formula is C29H20F6N2O3. The van der Waals surface area contributed by atoms with E-state index in [0.29, 0.717) is 17.7 Å². The van der Waals surface area contributed by atoms with Gasteiger partial charge in [-0.15, -0.1) is 0 Å². The van der Waals surface area contributed by atoms with E-state index < -0.39 is 57.5 Å². The van der Waals surface area contributed by atoms with Crippen molar-refractivity contribution >= 4 is 11.6 Å². The second-order valence-corrected chi connectivity index (χ2v) is 8.92. The van der Waals surface area contributed by atoms with E-state index in [2.05, 4.69) is 5.32 Å². The lowest BCUT2D eigenvalue weighted by Gasteiger charge is -2.37. The number of nitro benzene ring substituents is 1. The first-order valence-electron chi connectivity index (χ1n) is 11.8. The summed E-state index contributed by atoms with van der Waals surface area (Å²) < 4.78 is 83.4. The van der Waals surface area contributed by atoms with Crippen molar-refractivity contribution in [1.29, 1.82) is 0 Å². The predicted molar refractivity (Wildman–Crippen MR) is 134 cm³/mol. The highest BCUT2D eigenvalue weighted by Gasteiger charge is 2.47. The highest BCUT2D eigenvalue weighted by molar-refractivity contribution is 5.95. The van der Waals surface area contributed by atoms with Crippen LogP contribution < -0.4 is 5.32 Å². The summed E-state index contributed by atoms with van der Waals surface area (Å²) in [5.74, 6) is -0.861. The van der Waals surface area contributed by atoms with Gasteiger partial charge in [-0.3, -0.25) is 14.9 Å². The summed E-state index contributed by atoms with van der Waals surface area (Å²) in [6.45, 7) is 0. The van der Waals surface area contributed by atoms with E-state index in [9.17, 15) is 41.3 Å². The number of para-hydroxylation sites is 1. The van der Waals surface area contributed by atoms with Crippen LogP contribution in [0.4, 0.5) is 32.0 Å². The van der Waals surface area contributed by atoms with Crippen LogP contribution in [0.3, 0.4) is 0 Å². The molecule has 0 radical (unpaired) electrons. The lowest BCUT2D eigenvalue weighted by atomic mass is 9.75. The summed E-state index contributed by atoms with van der Waals surface area (Å²) in [6.07, 6.45) is -10.4. The van der Waals surface area contributed by atoms with Crippen LogP contribution in [0.1, 0.15) is 38.2 Å². The monoisotopic (exact) mass is 558 g/mol. The van der Waals surface area contributed by atoms with E-state index in [0.717, 1.165) is 24.3 Å². The zero-order chi connectivity index (χ0) is 29.1. The molecule has 1 N–H and O–H groups in total. The number of rotatable bonds is 7. The first kappa shape index (κ1) is 28.3. The fourth-order valence-corrected chi connectivity index (χ4v) is 4.57. The molecule has 4 aromatic rings. The Hall–Kier alpha value is -4.67. The topological polar surface area (TPSA) is 72.2 Å². The normalized spacial score (nSPS) is 13.3. The number of alkyl halides is 6. The van der Waals surface area contributed by atoms with Gasteiger partial charge in [-0.25, -0.2) is 0 Å². The number of benzene rings is 4. The molecule has 11 heteroatoms. The van der Waals surface area contributed by atoms with Crippen LogP contribution in [0, 0.1) is 10.1 Å². The summed E-state index contributed by atoms with van der Waals surface area (Å²) in [6, 6.07) is 21.5. The van der Waals surface area contributed by atoms with Crippen molar-refractivity contribution < 1.29 is 36.1 Å². The molecule has 40 heavy (non-hydrogen) atoms. The molecule has 4 aromatic carbocycles. The van der Waals surface area contributed by atoms with Crippen LogP contribution in [0.2, 0.25) is 0 Å². The van der Waals surface area contributed by atoms with Crippen LogP contribution >= 0.6 is 0 Å². The van der Waals surface area contributed by atoms with Gasteiger partial charge in [-0.2, -0.15) is 26.3 Å². The van der Waals surface area contributed by atoms with Gasteiger partial charge in [0.2, 0.25) is 0 Å². The molecule has 206 valence electrons. The Kier molecular flexibility index (Phi) is 7.68. The zero-order valence-electron chi connectivity index (χ0n) is 20.5. The molecule has 5 nitrogen and oxygen atoms in total. The highest BCUT2D eigenvalue weighted by Crippen LogP contribution is 2.45. The second-order valence-electron chi connectivity index (χ2n) is 8.92. The quantitative estimate of drug-likeness (QED) is 0.145. The van der Waals surface area contributed by atoms with Crippen LogP contribution in [0.5, 0.6) is 0 Å². The number of carbonyl (C=O) groups excluding carboxylic acids is 1. The minimum Gasteiger partial charge on any atom is -0.338 e. The molecule has 0 spiro atoms. The summed E-state index contributed by atoms with van der Waals surface area (Å²) in [4.78, 5) is 24.5. The SMILES string of the molecule is O=C(NC(Cc1ccccc1)(c1cccc(C(F)(F)F)c1)c1cccc(C(F)(F)F)c1[N+](=O)[O-])c1ccccc1. The molecule has 0 heterocycles. The van der Waals surface area contributed by atoms with E-state index in [1.165, 1.54) is 30.3 Å². The van der Waals surface area contributed by atoms with Crippen LogP contribution in [0.15, 0.2) is 103 Å². The zero-order valence-corrected chi connectivity index (χ0v) is 20.5. The minimum atomic E-state index is -5.17. The maximum atomic E-state index is 14.0. The van der Waals surface area contributed by atoms with Crippen molar-refractivity contribution in [3.05, 3.63) is 147 Å². The number of carbonyl (C=O) groups is 1. The van der Waals surface area contributed by atoms with Gasteiger partial charge in [0, 0.05) is 12.0 Å². The smallest absolute Gasteiger partial charge is 0.338 e. The van der Waals surface area contributed by atoms with E-state index in [1.54, 1.807) is 36.4 Å². The standard InChI is InChI=1S/C29H20F6N2O3/c30-28(31,32)22-14-7-13-21(17-22)27(18-19-9-3-1-4-10-19,36-26(38)20-11-5-2-6-12-20)23-15-8-16-24(29(33,34)35)25(23)37(39)40/h1-17H,18H2,(H,36,38). The van der Waals surface area contributed by atoms with Gasteiger partial charge in [0.05, 0.1) is 16.1 Å². The Labute approximate surface area is 224 Å².